The minimum Gasteiger partial charge on any atom is -0.479 e. The Morgan fingerprint density at radius 3 is 2.78 bits per heavy atom. The van der Waals surface area contributed by atoms with Gasteiger partial charge in [0.15, 0.2) is 6.10 Å². The molecule has 4 atom stereocenters. The summed E-state index contributed by atoms with van der Waals surface area (Å²) in [7, 11) is 0. The second kappa shape index (κ2) is 7.82. The second-order valence-electron chi connectivity index (χ2n) is 6.87. The fraction of sp³-hybridized carbons (Fsp3) is 0.632. The summed E-state index contributed by atoms with van der Waals surface area (Å²) in [5.74, 6) is 0.973. The standard InChI is InChI=1S/C19H27NO3/c1-15(23-17-9-3-2-4-10-17)19(21)22-14-16-8-7-13-20-12-6-5-11-18(16)20/h2-4,9-10,15-16,18H,5-8,11-14H2,1H3/p+1/t15-,16-,18-/m1/s1. The molecule has 0 aromatic heterocycles. The number of carbonyl (C=O) groups excluding carboxylic acids is 1. The van der Waals surface area contributed by atoms with Gasteiger partial charge < -0.3 is 14.4 Å². The fourth-order valence-electron chi connectivity index (χ4n) is 4.04. The van der Waals surface area contributed by atoms with Gasteiger partial charge in [-0.3, -0.25) is 0 Å². The molecule has 0 bridgehead atoms. The van der Waals surface area contributed by atoms with Crippen LogP contribution < -0.4 is 9.64 Å². The predicted octanol–water partition coefficient (Wildman–Crippen LogP) is 1.84. The van der Waals surface area contributed by atoms with Crippen molar-refractivity contribution in [3.8, 4) is 5.75 Å². The molecule has 23 heavy (non-hydrogen) atoms. The Kier molecular flexibility index (Phi) is 5.55. The van der Waals surface area contributed by atoms with Crippen LogP contribution in [0.2, 0.25) is 0 Å². The average Bonchev–Trinajstić information content (AvgIpc) is 2.60. The molecule has 0 amide bonds. The molecule has 2 aliphatic rings. The summed E-state index contributed by atoms with van der Waals surface area (Å²) in [6.07, 6.45) is 5.84. The van der Waals surface area contributed by atoms with Crippen LogP contribution >= 0.6 is 0 Å². The largest absolute Gasteiger partial charge is 0.479 e. The van der Waals surface area contributed by atoms with Crippen LogP contribution in [0.5, 0.6) is 5.75 Å². The molecule has 0 radical (unpaired) electrons. The third-order valence-corrected chi connectivity index (χ3v) is 5.26. The van der Waals surface area contributed by atoms with Crippen LogP contribution in [0, 0.1) is 5.92 Å². The van der Waals surface area contributed by atoms with Gasteiger partial charge in [-0.05, 0) is 51.2 Å². The number of hydrogen-bond donors (Lipinski definition) is 1. The molecular formula is C19H28NO3+. The molecule has 1 aromatic carbocycles. The SMILES string of the molecule is C[C@@H](Oc1ccccc1)C(=O)OC[C@H]1CCC[NH+]2CCCC[C@H]12. The first-order valence-corrected chi connectivity index (χ1v) is 8.97. The highest BCUT2D eigenvalue weighted by atomic mass is 16.6. The Balaban J connectivity index is 1.48. The van der Waals surface area contributed by atoms with Crippen molar-refractivity contribution < 1.29 is 19.2 Å². The van der Waals surface area contributed by atoms with Gasteiger partial charge in [-0.15, -0.1) is 0 Å². The summed E-state index contributed by atoms with van der Waals surface area (Å²) in [5.41, 5.74) is 0. The van der Waals surface area contributed by atoms with Crippen LogP contribution in [0.1, 0.15) is 39.0 Å². The lowest BCUT2D eigenvalue weighted by Gasteiger charge is -2.41. The molecular weight excluding hydrogens is 290 g/mol. The maximum Gasteiger partial charge on any atom is 0.347 e. The smallest absolute Gasteiger partial charge is 0.347 e. The van der Waals surface area contributed by atoms with E-state index in [0.29, 0.717) is 24.3 Å². The number of hydrogen-bond acceptors (Lipinski definition) is 3. The van der Waals surface area contributed by atoms with E-state index in [0.717, 1.165) is 0 Å². The molecule has 4 nitrogen and oxygen atoms in total. The summed E-state index contributed by atoms with van der Waals surface area (Å²) in [4.78, 5) is 13.9. The number of carbonyl (C=O) groups is 1. The molecule has 4 heteroatoms. The van der Waals surface area contributed by atoms with Gasteiger partial charge in [0.1, 0.15) is 5.75 Å². The van der Waals surface area contributed by atoms with Gasteiger partial charge in [0, 0.05) is 5.92 Å². The van der Waals surface area contributed by atoms with Gasteiger partial charge in [-0.2, -0.15) is 0 Å². The van der Waals surface area contributed by atoms with E-state index >= 15 is 0 Å². The zero-order valence-electron chi connectivity index (χ0n) is 14.0. The topological polar surface area (TPSA) is 40.0 Å². The molecule has 1 aromatic rings. The number of benzene rings is 1. The molecule has 2 aliphatic heterocycles. The van der Waals surface area contributed by atoms with E-state index in [1.54, 1.807) is 11.8 Å². The average molecular weight is 318 g/mol. The van der Waals surface area contributed by atoms with Gasteiger partial charge in [-0.25, -0.2) is 4.79 Å². The monoisotopic (exact) mass is 318 g/mol. The molecule has 3 rings (SSSR count). The van der Waals surface area contributed by atoms with Gasteiger partial charge in [-0.1, -0.05) is 18.2 Å². The minimum absolute atomic E-state index is 0.253. The van der Waals surface area contributed by atoms with Crippen LogP contribution in [0.25, 0.3) is 0 Å². The van der Waals surface area contributed by atoms with E-state index < -0.39 is 6.10 Å². The maximum absolute atomic E-state index is 12.2. The van der Waals surface area contributed by atoms with Crippen molar-refractivity contribution in [1.29, 1.82) is 0 Å². The van der Waals surface area contributed by atoms with E-state index in [1.165, 1.54) is 45.2 Å². The predicted molar refractivity (Wildman–Crippen MR) is 88.6 cm³/mol. The van der Waals surface area contributed by atoms with Gasteiger partial charge in [0.05, 0.1) is 25.7 Å². The van der Waals surface area contributed by atoms with Gasteiger partial charge >= 0.3 is 5.97 Å². The highest BCUT2D eigenvalue weighted by Gasteiger charge is 2.37. The first-order valence-electron chi connectivity index (χ1n) is 8.97. The molecule has 2 fully saturated rings. The second-order valence-corrected chi connectivity index (χ2v) is 6.87. The van der Waals surface area contributed by atoms with Crippen molar-refractivity contribution in [2.45, 2.75) is 51.2 Å². The van der Waals surface area contributed by atoms with E-state index in [2.05, 4.69) is 0 Å². The number of quaternary nitrogens is 1. The van der Waals surface area contributed by atoms with Crippen molar-refractivity contribution in [1.82, 2.24) is 0 Å². The summed E-state index contributed by atoms with van der Waals surface area (Å²) in [6.45, 7) is 4.90. The Morgan fingerprint density at radius 1 is 1.17 bits per heavy atom. The quantitative estimate of drug-likeness (QED) is 0.842. The van der Waals surface area contributed by atoms with Gasteiger partial charge in [0.2, 0.25) is 0 Å². The van der Waals surface area contributed by atoms with Crippen LogP contribution in [0.4, 0.5) is 0 Å². The van der Waals surface area contributed by atoms with Crippen LogP contribution in [-0.2, 0) is 9.53 Å². The van der Waals surface area contributed by atoms with E-state index in [9.17, 15) is 4.79 Å². The molecule has 1 unspecified atom stereocenters. The lowest BCUT2D eigenvalue weighted by atomic mass is 9.84. The first-order chi connectivity index (χ1) is 11.2. The van der Waals surface area contributed by atoms with Crippen molar-refractivity contribution in [2.24, 2.45) is 5.92 Å². The number of esters is 1. The zero-order valence-corrected chi connectivity index (χ0v) is 14.0. The Hall–Kier alpha value is -1.55. The summed E-state index contributed by atoms with van der Waals surface area (Å²) >= 11 is 0. The Bertz CT molecular complexity index is 503. The molecule has 2 heterocycles. The zero-order chi connectivity index (χ0) is 16.1. The van der Waals surface area contributed by atoms with Crippen molar-refractivity contribution in [3.05, 3.63) is 30.3 Å². The highest BCUT2D eigenvalue weighted by Crippen LogP contribution is 2.21. The summed E-state index contributed by atoms with van der Waals surface area (Å²) in [5, 5.41) is 0. The van der Waals surface area contributed by atoms with Gasteiger partial charge in [0.25, 0.3) is 0 Å². The normalized spacial score (nSPS) is 28.5. The number of piperidine rings is 2. The number of para-hydroxylation sites is 1. The van der Waals surface area contributed by atoms with Crippen molar-refractivity contribution in [3.63, 3.8) is 0 Å². The van der Waals surface area contributed by atoms with Crippen LogP contribution in [-0.4, -0.2) is 37.8 Å². The van der Waals surface area contributed by atoms with E-state index in [1.807, 2.05) is 30.3 Å². The van der Waals surface area contributed by atoms with Crippen molar-refractivity contribution in [2.75, 3.05) is 19.7 Å². The summed E-state index contributed by atoms with van der Waals surface area (Å²) in [6, 6.07) is 10.1. The number of nitrogens with one attached hydrogen (secondary N) is 1. The third kappa shape index (κ3) is 4.25. The van der Waals surface area contributed by atoms with E-state index in [4.69, 9.17) is 9.47 Å². The van der Waals surface area contributed by atoms with Crippen LogP contribution in [0.15, 0.2) is 30.3 Å². The molecule has 126 valence electrons. The number of ether oxygens (including phenoxy) is 2. The molecule has 0 spiro atoms. The molecule has 0 saturated carbocycles. The highest BCUT2D eigenvalue weighted by molar-refractivity contribution is 5.74. The Labute approximate surface area is 138 Å². The molecule has 0 aliphatic carbocycles. The molecule has 2 saturated heterocycles. The number of rotatable bonds is 5. The lowest BCUT2D eigenvalue weighted by molar-refractivity contribution is -0.940. The minimum atomic E-state index is -0.559. The molecule has 1 N–H and O–H groups in total. The first kappa shape index (κ1) is 16.3. The van der Waals surface area contributed by atoms with Crippen molar-refractivity contribution >= 4 is 5.97 Å². The van der Waals surface area contributed by atoms with E-state index in [-0.39, 0.29) is 5.97 Å². The number of fused-ring (bicyclic) bond motifs is 1. The van der Waals surface area contributed by atoms with Crippen LogP contribution in [0.3, 0.4) is 0 Å². The Morgan fingerprint density at radius 2 is 1.96 bits per heavy atom. The fourth-order valence-corrected chi connectivity index (χ4v) is 4.04. The lowest BCUT2D eigenvalue weighted by Crippen LogP contribution is -3.18. The third-order valence-electron chi connectivity index (χ3n) is 5.26. The maximum atomic E-state index is 12.2. The summed E-state index contributed by atoms with van der Waals surface area (Å²) < 4.78 is 11.2.